The Morgan fingerprint density at radius 2 is 2.11 bits per heavy atom. The van der Waals surface area contributed by atoms with Crippen LogP contribution in [0.3, 0.4) is 0 Å². The topological polar surface area (TPSA) is 68.0 Å². The number of carboxylic acid groups (broad SMARTS) is 1. The number of pyridine rings is 1. The monoisotopic (exact) mass is 257 g/mol. The number of carbonyl (C=O) groups is 1. The van der Waals surface area contributed by atoms with E-state index in [9.17, 15) is 4.79 Å². The molecular formula is C14H15N3O2. The quantitative estimate of drug-likeness (QED) is 0.856. The average molecular weight is 257 g/mol. The molecule has 0 radical (unpaired) electrons. The zero-order valence-corrected chi connectivity index (χ0v) is 11.1. The first-order valence-electron chi connectivity index (χ1n) is 5.90. The van der Waals surface area contributed by atoms with Crippen LogP contribution >= 0.6 is 0 Å². The first kappa shape index (κ1) is 13.0. The van der Waals surface area contributed by atoms with Crippen LogP contribution in [-0.2, 0) is 4.79 Å². The number of aromatic nitrogens is 3. The molecule has 0 aromatic carbocycles. The maximum absolute atomic E-state index is 10.6. The van der Waals surface area contributed by atoms with Crippen molar-refractivity contribution >= 4 is 12.0 Å². The Balaban J connectivity index is 2.56. The third-order valence-electron chi connectivity index (χ3n) is 3.08. The summed E-state index contributed by atoms with van der Waals surface area (Å²) in [5.74, 6) is -0.354. The lowest BCUT2D eigenvalue weighted by atomic mass is 10.2. The lowest BCUT2D eigenvalue weighted by Crippen LogP contribution is -2.04. The van der Waals surface area contributed by atoms with E-state index in [1.54, 1.807) is 16.9 Å². The summed E-state index contributed by atoms with van der Waals surface area (Å²) < 4.78 is 1.74. The molecule has 2 rings (SSSR count). The molecule has 0 saturated carbocycles. The van der Waals surface area contributed by atoms with E-state index in [1.165, 1.54) is 6.08 Å². The summed E-state index contributed by atoms with van der Waals surface area (Å²) in [6.45, 7) is 5.91. The Bertz CT molecular complexity index is 657. The second kappa shape index (κ2) is 5.06. The van der Waals surface area contributed by atoms with Crippen LogP contribution in [0.25, 0.3) is 11.9 Å². The maximum atomic E-state index is 10.6. The smallest absolute Gasteiger partial charge is 0.328 e. The molecule has 0 bridgehead atoms. The summed E-state index contributed by atoms with van der Waals surface area (Å²) >= 11 is 0. The third-order valence-corrected chi connectivity index (χ3v) is 3.08. The Morgan fingerprint density at radius 3 is 2.68 bits per heavy atom. The van der Waals surface area contributed by atoms with Crippen molar-refractivity contribution in [3.8, 4) is 5.82 Å². The van der Waals surface area contributed by atoms with E-state index < -0.39 is 5.97 Å². The fourth-order valence-corrected chi connectivity index (χ4v) is 1.80. The molecule has 19 heavy (non-hydrogen) atoms. The third kappa shape index (κ3) is 2.54. The molecule has 2 heterocycles. The largest absolute Gasteiger partial charge is 0.478 e. The van der Waals surface area contributed by atoms with E-state index in [0.29, 0.717) is 5.82 Å². The van der Waals surface area contributed by atoms with Crippen molar-refractivity contribution in [2.45, 2.75) is 20.8 Å². The highest BCUT2D eigenvalue weighted by Gasteiger charge is 2.12. The van der Waals surface area contributed by atoms with Crippen LogP contribution in [0.1, 0.15) is 22.5 Å². The summed E-state index contributed by atoms with van der Waals surface area (Å²) in [5.41, 5.74) is 3.77. The molecule has 5 heteroatoms. The van der Waals surface area contributed by atoms with Crippen molar-refractivity contribution in [1.29, 1.82) is 0 Å². The van der Waals surface area contributed by atoms with Crippen LogP contribution in [0, 0.1) is 20.8 Å². The lowest BCUT2D eigenvalue weighted by molar-refractivity contribution is -0.131. The Kier molecular flexibility index (Phi) is 3.46. The molecule has 0 aliphatic rings. The first-order valence-corrected chi connectivity index (χ1v) is 5.90. The molecule has 98 valence electrons. The van der Waals surface area contributed by atoms with E-state index >= 15 is 0 Å². The maximum Gasteiger partial charge on any atom is 0.328 e. The lowest BCUT2D eigenvalue weighted by Gasteiger charge is -2.06. The number of hydrogen-bond acceptors (Lipinski definition) is 3. The second-order valence-corrected chi connectivity index (χ2v) is 4.30. The van der Waals surface area contributed by atoms with Crippen molar-refractivity contribution < 1.29 is 9.90 Å². The van der Waals surface area contributed by atoms with Crippen LogP contribution in [0.15, 0.2) is 24.4 Å². The van der Waals surface area contributed by atoms with Gasteiger partial charge in [-0.2, -0.15) is 5.10 Å². The standard InChI is InChI=1S/C14H15N3O2/c1-9-10(2)16-17(11(9)3)14-12(5-4-8-15-14)6-7-13(18)19/h4-8H,1-3H3,(H,18,19)/b7-6+. The number of hydrogen-bond donors (Lipinski definition) is 1. The van der Waals surface area contributed by atoms with Gasteiger partial charge in [0.25, 0.3) is 0 Å². The minimum atomic E-state index is -0.987. The van der Waals surface area contributed by atoms with E-state index in [1.807, 2.05) is 26.8 Å². The number of rotatable bonds is 3. The minimum absolute atomic E-state index is 0.633. The first-order chi connectivity index (χ1) is 9.00. The molecular weight excluding hydrogens is 242 g/mol. The average Bonchev–Trinajstić information content (AvgIpc) is 2.64. The van der Waals surface area contributed by atoms with E-state index in [4.69, 9.17) is 5.11 Å². The molecule has 1 N–H and O–H groups in total. The van der Waals surface area contributed by atoms with Crippen LogP contribution in [-0.4, -0.2) is 25.8 Å². The summed E-state index contributed by atoms with van der Waals surface area (Å²) in [6, 6.07) is 3.58. The number of nitrogens with zero attached hydrogens (tertiary/aromatic N) is 3. The highest BCUT2D eigenvalue weighted by molar-refractivity contribution is 5.85. The van der Waals surface area contributed by atoms with Gasteiger partial charge in [-0.05, 0) is 44.5 Å². The van der Waals surface area contributed by atoms with Crippen LogP contribution < -0.4 is 0 Å². The van der Waals surface area contributed by atoms with Gasteiger partial charge in [0, 0.05) is 23.5 Å². The van der Waals surface area contributed by atoms with Crippen molar-refractivity contribution in [3.63, 3.8) is 0 Å². The SMILES string of the molecule is Cc1nn(-c2ncccc2/C=C/C(=O)O)c(C)c1C. The number of aliphatic carboxylic acids is 1. The molecule has 0 aliphatic heterocycles. The fraction of sp³-hybridized carbons (Fsp3) is 0.214. The zero-order chi connectivity index (χ0) is 14.0. The molecule has 0 fully saturated rings. The molecule has 0 amide bonds. The fourth-order valence-electron chi connectivity index (χ4n) is 1.80. The van der Waals surface area contributed by atoms with Crippen molar-refractivity contribution in [3.05, 3.63) is 46.9 Å². The van der Waals surface area contributed by atoms with Crippen LogP contribution in [0.4, 0.5) is 0 Å². The van der Waals surface area contributed by atoms with Gasteiger partial charge in [0.15, 0.2) is 5.82 Å². The molecule has 0 atom stereocenters. The summed E-state index contributed by atoms with van der Waals surface area (Å²) in [4.78, 5) is 14.9. The Hall–Kier alpha value is -2.43. The van der Waals surface area contributed by atoms with Gasteiger partial charge in [0.2, 0.25) is 0 Å². The van der Waals surface area contributed by atoms with Gasteiger partial charge >= 0.3 is 5.97 Å². The Labute approximate surface area is 111 Å². The highest BCUT2D eigenvalue weighted by Crippen LogP contribution is 2.18. The second-order valence-electron chi connectivity index (χ2n) is 4.30. The van der Waals surface area contributed by atoms with Gasteiger partial charge in [-0.25, -0.2) is 14.5 Å². The summed E-state index contributed by atoms with van der Waals surface area (Å²) in [7, 11) is 0. The number of aryl methyl sites for hydroxylation is 1. The normalized spacial score (nSPS) is 11.1. The van der Waals surface area contributed by atoms with E-state index in [0.717, 1.165) is 28.6 Å². The molecule has 0 unspecified atom stereocenters. The van der Waals surface area contributed by atoms with Crippen LogP contribution in [0.5, 0.6) is 0 Å². The molecule has 0 aliphatic carbocycles. The predicted molar refractivity (Wildman–Crippen MR) is 72.2 cm³/mol. The molecule has 5 nitrogen and oxygen atoms in total. The predicted octanol–water partition coefficient (Wildman–Crippen LogP) is 2.29. The van der Waals surface area contributed by atoms with Gasteiger partial charge in [-0.1, -0.05) is 0 Å². The van der Waals surface area contributed by atoms with E-state index in [2.05, 4.69) is 10.1 Å². The van der Waals surface area contributed by atoms with E-state index in [-0.39, 0.29) is 0 Å². The van der Waals surface area contributed by atoms with Gasteiger partial charge in [0.05, 0.1) is 5.69 Å². The zero-order valence-electron chi connectivity index (χ0n) is 11.1. The van der Waals surface area contributed by atoms with Crippen molar-refractivity contribution in [2.75, 3.05) is 0 Å². The molecule has 0 spiro atoms. The molecule has 2 aromatic heterocycles. The summed E-state index contributed by atoms with van der Waals surface area (Å²) in [6.07, 6.45) is 4.29. The molecule has 0 saturated heterocycles. The molecule has 2 aromatic rings. The van der Waals surface area contributed by atoms with Gasteiger partial charge in [-0.3, -0.25) is 0 Å². The Morgan fingerprint density at radius 1 is 1.37 bits per heavy atom. The highest BCUT2D eigenvalue weighted by atomic mass is 16.4. The summed E-state index contributed by atoms with van der Waals surface area (Å²) in [5, 5.41) is 13.2. The number of carboxylic acids is 1. The van der Waals surface area contributed by atoms with Gasteiger partial charge in [-0.15, -0.1) is 0 Å². The van der Waals surface area contributed by atoms with Crippen LogP contribution in [0.2, 0.25) is 0 Å². The van der Waals surface area contributed by atoms with Gasteiger partial charge < -0.3 is 5.11 Å². The van der Waals surface area contributed by atoms with Gasteiger partial charge in [0.1, 0.15) is 0 Å². The van der Waals surface area contributed by atoms with Crippen molar-refractivity contribution in [2.24, 2.45) is 0 Å². The van der Waals surface area contributed by atoms with Crippen molar-refractivity contribution in [1.82, 2.24) is 14.8 Å². The minimum Gasteiger partial charge on any atom is -0.478 e.